The number of benzene rings is 1. The summed E-state index contributed by atoms with van der Waals surface area (Å²) in [5.41, 5.74) is 1.94. The largest absolute Gasteiger partial charge is 0.253 e. The van der Waals surface area contributed by atoms with Crippen LogP contribution in [0.5, 0.6) is 0 Å². The van der Waals surface area contributed by atoms with E-state index in [9.17, 15) is 8.42 Å². The lowest BCUT2D eigenvalue weighted by Crippen LogP contribution is -2.07. The number of nitrogens with zero attached hydrogens (tertiary/aromatic N) is 3. The fraction of sp³-hybridized carbons (Fsp3) is 0.500. The van der Waals surface area contributed by atoms with Gasteiger partial charge in [0.25, 0.3) is 0 Å². The predicted octanol–water partition coefficient (Wildman–Crippen LogP) is 2.83. The zero-order valence-corrected chi connectivity index (χ0v) is 14.2. The van der Waals surface area contributed by atoms with Gasteiger partial charge in [0.15, 0.2) is 9.84 Å². The molecule has 1 heterocycles. The lowest BCUT2D eigenvalue weighted by Gasteiger charge is -2.12. The molecule has 0 radical (unpaired) electrons. The van der Waals surface area contributed by atoms with Crippen LogP contribution >= 0.6 is 0 Å². The maximum Gasteiger partial charge on any atom is 0.178 e. The summed E-state index contributed by atoms with van der Waals surface area (Å²) in [5, 5.41) is 8.18. The molecule has 0 spiro atoms. The molecule has 0 aliphatic carbocycles. The molecular formula is C16H23N3O2S. The smallest absolute Gasteiger partial charge is 0.178 e. The first-order valence-corrected chi connectivity index (χ1v) is 9.33. The number of hydrogen-bond donors (Lipinski definition) is 0. The standard InChI is InChI=1S/C16H23N3O2S/c1-4-9-22(20,21)16-8-6-7-14(11-16)13(3)10-15-12-19(5-2)18-17-15/h6-8,11-13H,4-5,9-10H2,1-3H3. The van der Waals surface area contributed by atoms with E-state index in [0.29, 0.717) is 11.3 Å². The number of hydrogen-bond acceptors (Lipinski definition) is 4. The van der Waals surface area contributed by atoms with E-state index in [2.05, 4.69) is 17.2 Å². The van der Waals surface area contributed by atoms with Gasteiger partial charge in [-0.05, 0) is 43.4 Å². The number of sulfone groups is 1. The summed E-state index contributed by atoms with van der Waals surface area (Å²) in [6.07, 6.45) is 3.31. The first-order chi connectivity index (χ1) is 10.5. The second-order valence-corrected chi connectivity index (χ2v) is 7.67. The van der Waals surface area contributed by atoms with Crippen molar-refractivity contribution in [1.29, 1.82) is 0 Å². The maximum atomic E-state index is 12.2. The summed E-state index contributed by atoms with van der Waals surface area (Å²) in [7, 11) is -3.17. The molecule has 1 atom stereocenters. The van der Waals surface area contributed by atoms with Gasteiger partial charge in [-0.15, -0.1) is 5.10 Å². The molecule has 0 aliphatic rings. The molecule has 5 nitrogen and oxygen atoms in total. The summed E-state index contributed by atoms with van der Waals surface area (Å²) in [6, 6.07) is 7.26. The summed E-state index contributed by atoms with van der Waals surface area (Å²) >= 11 is 0. The zero-order valence-electron chi connectivity index (χ0n) is 13.4. The molecular weight excluding hydrogens is 298 g/mol. The third-order valence-electron chi connectivity index (χ3n) is 3.68. The van der Waals surface area contributed by atoms with E-state index in [0.717, 1.165) is 24.2 Å². The molecule has 6 heteroatoms. The Hall–Kier alpha value is -1.69. The van der Waals surface area contributed by atoms with Gasteiger partial charge in [-0.1, -0.05) is 31.2 Å². The SMILES string of the molecule is CCCS(=O)(=O)c1cccc(C(C)Cc2cn(CC)nn2)c1. The Morgan fingerprint density at radius 3 is 2.68 bits per heavy atom. The topological polar surface area (TPSA) is 64.8 Å². The van der Waals surface area contributed by atoms with E-state index in [1.54, 1.807) is 16.8 Å². The van der Waals surface area contributed by atoms with Gasteiger partial charge >= 0.3 is 0 Å². The van der Waals surface area contributed by atoms with Crippen molar-refractivity contribution in [3.05, 3.63) is 41.7 Å². The average Bonchev–Trinajstić information content (AvgIpc) is 2.95. The molecule has 0 fully saturated rings. The van der Waals surface area contributed by atoms with Crippen molar-refractivity contribution in [1.82, 2.24) is 15.0 Å². The van der Waals surface area contributed by atoms with Crippen molar-refractivity contribution >= 4 is 9.84 Å². The van der Waals surface area contributed by atoms with Crippen LogP contribution in [0.25, 0.3) is 0 Å². The van der Waals surface area contributed by atoms with E-state index < -0.39 is 9.84 Å². The quantitative estimate of drug-likeness (QED) is 0.786. The first-order valence-electron chi connectivity index (χ1n) is 7.68. The minimum atomic E-state index is -3.17. The molecule has 120 valence electrons. The minimum Gasteiger partial charge on any atom is -0.253 e. The highest BCUT2D eigenvalue weighted by Gasteiger charge is 2.16. The minimum absolute atomic E-state index is 0.190. The van der Waals surface area contributed by atoms with Crippen molar-refractivity contribution in [3.8, 4) is 0 Å². The third-order valence-corrected chi connectivity index (χ3v) is 5.60. The Bertz CT molecular complexity index is 722. The van der Waals surface area contributed by atoms with Crippen molar-refractivity contribution < 1.29 is 8.42 Å². The van der Waals surface area contributed by atoms with Crippen LogP contribution in [0.15, 0.2) is 35.4 Å². The van der Waals surface area contributed by atoms with E-state index in [-0.39, 0.29) is 11.7 Å². The lowest BCUT2D eigenvalue weighted by atomic mass is 9.97. The molecule has 22 heavy (non-hydrogen) atoms. The molecule has 0 N–H and O–H groups in total. The highest BCUT2D eigenvalue weighted by molar-refractivity contribution is 7.91. The second kappa shape index (κ2) is 7.05. The Labute approximate surface area is 132 Å². The zero-order chi connectivity index (χ0) is 16.2. The summed E-state index contributed by atoms with van der Waals surface area (Å²) in [6.45, 7) is 6.77. The summed E-state index contributed by atoms with van der Waals surface area (Å²) in [4.78, 5) is 0.413. The summed E-state index contributed by atoms with van der Waals surface area (Å²) in [5.74, 6) is 0.383. The average molecular weight is 321 g/mol. The molecule has 0 bridgehead atoms. The molecule has 1 aromatic carbocycles. The Morgan fingerprint density at radius 2 is 2.05 bits per heavy atom. The van der Waals surface area contributed by atoms with Crippen molar-refractivity contribution in [2.24, 2.45) is 0 Å². The van der Waals surface area contributed by atoms with Gasteiger partial charge in [-0.2, -0.15) is 0 Å². The van der Waals surface area contributed by atoms with Crippen molar-refractivity contribution in [2.75, 3.05) is 5.75 Å². The van der Waals surface area contributed by atoms with E-state index in [1.807, 2.05) is 32.2 Å². The number of aryl methyl sites for hydroxylation is 1. The third kappa shape index (κ3) is 3.94. The van der Waals surface area contributed by atoms with Crippen LogP contribution in [0.4, 0.5) is 0 Å². The van der Waals surface area contributed by atoms with E-state index >= 15 is 0 Å². The fourth-order valence-electron chi connectivity index (χ4n) is 2.42. The number of rotatable bonds is 7. The molecule has 0 aliphatic heterocycles. The normalized spacial score (nSPS) is 13.2. The van der Waals surface area contributed by atoms with Crippen LogP contribution in [0.3, 0.4) is 0 Å². The highest BCUT2D eigenvalue weighted by Crippen LogP contribution is 2.23. The van der Waals surface area contributed by atoms with E-state index in [1.165, 1.54) is 0 Å². The molecule has 0 saturated heterocycles. The van der Waals surface area contributed by atoms with Crippen LogP contribution in [-0.2, 0) is 22.8 Å². The van der Waals surface area contributed by atoms with Gasteiger partial charge in [-0.3, -0.25) is 4.68 Å². The van der Waals surface area contributed by atoms with Gasteiger partial charge < -0.3 is 0 Å². The van der Waals surface area contributed by atoms with Gasteiger partial charge in [0, 0.05) is 12.7 Å². The molecule has 0 saturated carbocycles. The van der Waals surface area contributed by atoms with Gasteiger partial charge in [0.2, 0.25) is 0 Å². The van der Waals surface area contributed by atoms with Crippen LogP contribution < -0.4 is 0 Å². The molecule has 2 aromatic rings. The number of aromatic nitrogens is 3. The molecule has 1 aromatic heterocycles. The van der Waals surface area contributed by atoms with Gasteiger partial charge in [0.05, 0.1) is 16.3 Å². The highest BCUT2D eigenvalue weighted by atomic mass is 32.2. The summed E-state index contributed by atoms with van der Waals surface area (Å²) < 4.78 is 26.2. The van der Waals surface area contributed by atoms with Crippen LogP contribution in [0.1, 0.15) is 44.4 Å². The van der Waals surface area contributed by atoms with Crippen LogP contribution in [-0.4, -0.2) is 29.2 Å². The lowest BCUT2D eigenvalue weighted by molar-refractivity contribution is 0.594. The van der Waals surface area contributed by atoms with Crippen molar-refractivity contribution in [2.45, 2.75) is 51.0 Å². The Balaban J connectivity index is 2.18. The second-order valence-electron chi connectivity index (χ2n) is 5.56. The van der Waals surface area contributed by atoms with E-state index in [4.69, 9.17) is 0 Å². The molecule has 0 amide bonds. The predicted molar refractivity (Wildman–Crippen MR) is 86.6 cm³/mol. The Morgan fingerprint density at radius 1 is 1.27 bits per heavy atom. The van der Waals surface area contributed by atoms with Gasteiger partial charge in [0.1, 0.15) is 0 Å². The monoisotopic (exact) mass is 321 g/mol. The molecule has 1 unspecified atom stereocenters. The fourth-order valence-corrected chi connectivity index (χ4v) is 3.79. The van der Waals surface area contributed by atoms with Crippen LogP contribution in [0.2, 0.25) is 0 Å². The van der Waals surface area contributed by atoms with Crippen LogP contribution in [0, 0.1) is 0 Å². The molecule has 2 rings (SSSR count). The van der Waals surface area contributed by atoms with Crippen molar-refractivity contribution in [3.63, 3.8) is 0 Å². The van der Waals surface area contributed by atoms with Gasteiger partial charge in [-0.25, -0.2) is 8.42 Å². The Kier molecular flexibility index (Phi) is 5.34. The maximum absolute atomic E-state index is 12.2. The first kappa shape index (κ1) is 16.7.